The molecule has 2 aromatic heterocycles. The summed E-state index contributed by atoms with van der Waals surface area (Å²) in [7, 11) is -3.56. The number of hydrogen-bond acceptors (Lipinski definition) is 9. The summed E-state index contributed by atoms with van der Waals surface area (Å²) < 4.78 is 30.8. The summed E-state index contributed by atoms with van der Waals surface area (Å²) in [4.78, 5) is 23.9. The Labute approximate surface area is 207 Å². The number of halogens is 1. The second-order valence-electron chi connectivity index (χ2n) is 7.94. The quantitative estimate of drug-likeness (QED) is 0.520. The van der Waals surface area contributed by atoms with Crippen LogP contribution in [0.1, 0.15) is 34.7 Å². The maximum Gasteiger partial charge on any atom is 0.251 e. The number of nitrogens with zero attached hydrogens (tertiary/aromatic N) is 6. The average Bonchev–Trinajstić information content (AvgIpc) is 3.29. The Kier molecular flexibility index (Phi) is 7.02. The average molecular weight is 516 g/mol. The standard InChI is InChI=1S/C22H22ClN7O4S/c1-14(26-21(31)16-9-17(23)11-18(10-16)35(2,32)33)20-27-22(29-5-7-34-8-6-29)28-30(20)19-4-3-15(12-24)13-25-19/h3-4,9-11,13-14H,5-8H2,1-2H3,(H,26,31). The van der Waals surface area contributed by atoms with E-state index < -0.39 is 21.8 Å². The summed E-state index contributed by atoms with van der Waals surface area (Å²) >= 11 is 6.06. The van der Waals surface area contributed by atoms with Crippen LogP contribution in [0.2, 0.25) is 5.02 Å². The number of aromatic nitrogens is 4. The van der Waals surface area contributed by atoms with Crippen molar-refractivity contribution in [3.8, 4) is 11.9 Å². The van der Waals surface area contributed by atoms with Crippen molar-refractivity contribution in [3.63, 3.8) is 0 Å². The van der Waals surface area contributed by atoms with Gasteiger partial charge in [0.05, 0.1) is 29.7 Å². The van der Waals surface area contributed by atoms with Crippen molar-refractivity contribution in [1.29, 1.82) is 5.26 Å². The molecule has 0 saturated carbocycles. The monoisotopic (exact) mass is 515 g/mol. The summed E-state index contributed by atoms with van der Waals surface area (Å²) in [5.74, 6) is 0.759. The van der Waals surface area contributed by atoms with Crippen LogP contribution in [-0.4, -0.2) is 66.6 Å². The Morgan fingerprint density at radius 3 is 2.63 bits per heavy atom. The van der Waals surface area contributed by atoms with E-state index >= 15 is 0 Å². The zero-order valence-corrected chi connectivity index (χ0v) is 20.5. The topological polar surface area (TPSA) is 143 Å². The van der Waals surface area contributed by atoms with Gasteiger partial charge in [0, 0.05) is 36.1 Å². The lowest BCUT2D eigenvalue weighted by Crippen LogP contribution is -2.37. The van der Waals surface area contributed by atoms with Gasteiger partial charge in [-0.3, -0.25) is 4.79 Å². The van der Waals surface area contributed by atoms with E-state index in [1.807, 2.05) is 11.0 Å². The first-order valence-corrected chi connectivity index (χ1v) is 12.9. The number of rotatable bonds is 6. The lowest BCUT2D eigenvalue weighted by molar-refractivity contribution is 0.0937. The second kappa shape index (κ2) is 9.99. The molecule has 3 heterocycles. The van der Waals surface area contributed by atoms with Gasteiger partial charge in [0.15, 0.2) is 21.5 Å². The first-order chi connectivity index (χ1) is 16.7. The number of amides is 1. The van der Waals surface area contributed by atoms with Crippen molar-refractivity contribution in [2.45, 2.75) is 17.9 Å². The summed E-state index contributed by atoms with van der Waals surface area (Å²) in [6, 6.07) is 8.60. The minimum atomic E-state index is -3.56. The van der Waals surface area contributed by atoms with Gasteiger partial charge < -0.3 is 15.0 Å². The molecular weight excluding hydrogens is 494 g/mol. The number of benzene rings is 1. The molecule has 1 N–H and O–H groups in total. The number of carbonyl (C=O) groups is 1. The van der Waals surface area contributed by atoms with Gasteiger partial charge in [-0.15, -0.1) is 5.10 Å². The first-order valence-electron chi connectivity index (χ1n) is 10.6. The van der Waals surface area contributed by atoms with E-state index in [0.717, 1.165) is 6.26 Å². The number of carbonyl (C=O) groups excluding carboxylic acids is 1. The number of ether oxygens (including phenoxy) is 1. The lowest BCUT2D eigenvalue weighted by atomic mass is 10.2. The molecule has 11 nitrogen and oxygen atoms in total. The molecule has 1 aliphatic heterocycles. The lowest BCUT2D eigenvalue weighted by Gasteiger charge is -2.25. The maximum atomic E-state index is 13.0. The molecule has 0 radical (unpaired) electrons. The van der Waals surface area contributed by atoms with Crippen LogP contribution < -0.4 is 10.2 Å². The van der Waals surface area contributed by atoms with Gasteiger partial charge in [0.2, 0.25) is 5.95 Å². The Morgan fingerprint density at radius 1 is 1.26 bits per heavy atom. The molecular formula is C22H22ClN7O4S. The van der Waals surface area contributed by atoms with Crippen LogP contribution in [0, 0.1) is 11.3 Å². The van der Waals surface area contributed by atoms with Crippen molar-refractivity contribution in [2.24, 2.45) is 0 Å². The smallest absolute Gasteiger partial charge is 0.251 e. The Balaban J connectivity index is 1.67. The van der Waals surface area contributed by atoms with Crippen molar-refractivity contribution in [3.05, 3.63) is 58.5 Å². The highest BCUT2D eigenvalue weighted by molar-refractivity contribution is 7.90. The van der Waals surface area contributed by atoms with E-state index in [0.29, 0.717) is 49.5 Å². The normalized spacial score (nSPS) is 14.9. The number of anilines is 1. The Morgan fingerprint density at radius 2 is 2.00 bits per heavy atom. The van der Waals surface area contributed by atoms with E-state index in [4.69, 9.17) is 21.6 Å². The van der Waals surface area contributed by atoms with E-state index in [1.165, 1.54) is 29.1 Å². The molecule has 1 fully saturated rings. The van der Waals surface area contributed by atoms with Crippen molar-refractivity contribution < 1.29 is 17.9 Å². The van der Waals surface area contributed by atoms with Crippen LogP contribution in [0.5, 0.6) is 0 Å². The molecule has 1 aliphatic rings. The molecule has 182 valence electrons. The van der Waals surface area contributed by atoms with Crippen LogP contribution in [0.15, 0.2) is 41.4 Å². The summed E-state index contributed by atoms with van der Waals surface area (Å²) in [5, 5.41) is 16.6. The van der Waals surface area contributed by atoms with Gasteiger partial charge in [-0.1, -0.05) is 11.6 Å². The molecule has 4 rings (SSSR count). The van der Waals surface area contributed by atoms with Gasteiger partial charge in [-0.05, 0) is 37.3 Å². The molecule has 0 aliphatic carbocycles. The van der Waals surface area contributed by atoms with Crippen LogP contribution in [-0.2, 0) is 14.6 Å². The number of nitrogens with one attached hydrogen (secondary N) is 1. The Bertz CT molecular complexity index is 1390. The van der Waals surface area contributed by atoms with E-state index in [1.54, 1.807) is 19.1 Å². The molecule has 1 aromatic carbocycles. The van der Waals surface area contributed by atoms with Crippen molar-refractivity contribution >= 4 is 33.3 Å². The summed E-state index contributed by atoms with van der Waals surface area (Å²) in [5.41, 5.74) is 0.494. The zero-order valence-electron chi connectivity index (χ0n) is 19.0. The molecule has 35 heavy (non-hydrogen) atoms. The van der Waals surface area contributed by atoms with Crippen molar-refractivity contribution in [1.82, 2.24) is 25.1 Å². The number of nitriles is 1. The van der Waals surface area contributed by atoms with Crippen LogP contribution >= 0.6 is 11.6 Å². The van der Waals surface area contributed by atoms with E-state index in [2.05, 4.69) is 20.4 Å². The molecule has 1 saturated heterocycles. The van der Waals surface area contributed by atoms with Crippen LogP contribution in [0.4, 0.5) is 5.95 Å². The number of pyridine rings is 1. The molecule has 13 heteroatoms. The zero-order chi connectivity index (χ0) is 25.2. The van der Waals surface area contributed by atoms with Gasteiger partial charge in [-0.25, -0.2) is 13.4 Å². The van der Waals surface area contributed by atoms with Crippen LogP contribution in [0.25, 0.3) is 5.82 Å². The van der Waals surface area contributed by atoms with E-state index in [9.17, 15) is 13.2 Å². The van der Waals surface area contributed by atoms with Gasteiger partial charge in [0.25, 0.3) is 5.91 Å². The number of hydrogen-bond donors (Lipinski definition) is 1. The third-order valence-electron chi connectivity index (χ3n) is 5.31. The summed E-state index contributed by atoms with van der Waals surface area (Å²) in [6.07, 6.45) is 2.47. The van der Waals surface area contributed by atoms with Gasteiger partial charge >= 0.3 is 0 Å². The molecule has 0 spiro atoms. The number of morpholine rings is 1. The third kappa shape index (κ3) is 5.59. The van der Waals surface area contributed by atoms with Gasteiger partial charge in [0.1, 0.15) is 6.07 Å². The first kappa shape index (κ1) is 24.6. The number of sulfone groups is 1. The fraction of sp³-hybridized carbons (Fsp3) is 0.318. The third-order valence-corrected chi connectivity index (χ3v) is 6.62. The predicted molar refractivity (Wildman–Crippen MR) is 127 cm³/mol. The highest BCUT2D eigenvalue weighted by Crippen LogP contribution is 2.22. The van der Waals surface area contributed by atoms with Crippen LogP contribution in [0.3, 0.4) is 0 Å². The second-order valence-corrected chi connectivity index (χ2v) is 10.4. The fourth-order valence-electron chi connectivity index (χ4n) is 3.49. The maximum absolute atomic E-state index is 13.0. The van der Waals surface area contributed by atoms with Crippen molar-refractivity contribution in [2.75, 3.05) is 37.5 Å². The minimum Gasteiger partial charge on any atom is -0.378 e. The van der Waals surface area contributed by atoms with E-state index in [-0.39, 0.29) is 15.5 Å². The Hall–Kier alpha value is -3.53. The summed E-state index contributed by atoms with van der Waals surface area (Å²) in [6.45, 7) is 4.04. The SMILES string of the molecule is CC(NC(=O)c1cc(Cl)cc(S(C)(=O)=O)c1)c1nc(N2CCOCC2)nn1-c1ccc(C#N)cn1. The molecule has 1 unspecified atom stereocenters. The molecule has 1 atom stereocenters. The van der Waals surface area contributed by atoms with Gasteiger partial charge in [-0.2, -0.15) is 14.9 Å². The highest BCUT2D eigenvalue weighted by Gasteiger charge is 2.25. The highest BCUT2D eigenvalue weighted by atomic mass is 35.5. The predicted octanol–water partition coefficient (Wildman–Crippen LogP) is 1.92. The minimum absolute atomic E-state index is 0.0534. The molecule has 0 bridgehead atoms. The largest absolute Gasteiger partial charge is 0.378 e. The fourth-order valence-corrected chi connectivity index (χ4v) is 4.47. The molecule has 3 aromatic rings. The molecule has 1 amide bonds.